The average Bonchev–Trinajstić information content (AvgIpc) is 2.48. The molecule has 0 saturated carbocycles. The van der Waals surface area contributed by atoms with Gasteiger partial charge < -0.3 is 9.64 Å². The molecule has 0 amide bonds. The van der Waals surface area contributed by atoms with E-state index in [2.05, 4.69) is 0 Å². The van der Waals surface area contributed by atoms with Crippen molar-refractivity contribution >= 4 is 11.4 Å². The highest BCUT2D eigenvalue weighted by Gasteiger charge is 2.18. The van der Waals surface area contributed by atoms with E-state index in [1.807, 2.05) is 18.2 Å². The van der Waals surface area contributed by atoms with Gasteiger partial charge in [0.1, 0.15) is 5.75 Å². The smallest absolute Gasteiger partial charge is 0.305 e. The zero-order valence-corrected chi connectivity index (χ0v) is 11.7. The van der Waals surface area contributed by atoms with Crippen LogP contribution in [0.4, 0.5) is 15.8 Å². The van der Waals surface area contributed by atoms with Crippen molar-refractivity contribution in [1.82, 2.24) is 0 Å². The second kappa shape index (κ2) is 6.21. The molecule has 110 valence electrons. The zero-order chi connectivity index (χ0) is 15.4. The minimum atomic E-state index is -0.802. The number of rotatable bonds is 5. The maximum atomic E-state index is 14.1. The van der Waals surface area contributed by atoms with Gasteiger partial charge in [0.25, 0.3) is 0 Å². The quantitative estimate of drug-likeness (QED) is 0.625. The summed E-state index contributed by atoms with van der Waals surface area (Å²) in [5.41, 5.74) is 0.532. The van der Waals surface area contributed by atoms with Crippen LogP contribution in [-0.4, -0.2) is 19.1 Å². The Bertz CT molecular complexity index is 661. The predicted molar refractivity (Wildman–Crippen MR) is 78.2 cm³/mol. The number of nitro groups is 1. The van der Waals surface area contributed by atoms with E-state index < -0.39 is 16.4 Å². The van der Waals surface area contributed by atoms with Crippen LogP contribution in [0.1, 0.15) is 5.56 Å². The minimum Gasteiger partial charge on any atom is -0.495 e. The number of hydrogen-bond acceptors (Lipinski definition) is 4. The van der Waals surface area contributed by atoms with Crippen LogP contribution in [0.2, 0.25) is 0 Å². The molecule has 2 rings (SSSR count). The number of benzene rings is 2. The van der Waals surface area contributed by atoms with E-state index in [-0.39, 0.29) is 12.1 Å². The van der Waals surface area contributed by atoms with Gasteiger partial charge in [0.2, 0.25) is 5.82 Å². The Balaban J connectivity index is 2.30. The first-order chi connectivity index (χ1) is 10.0. The lowest BCUT2D eigenvalue weighted by atomic mass is 10.1. The van der Waals surface area contributed by atoms with Crippen molar-refractivity contribution in [2.75, 3.05) is 19.1 Å². The molecule has 0 aliphatic carbocycles. The molecule has 0 aliphatic heterocycles. The molecule has 0 aliphatic rings. The zero-order valence-electron chi connectivity index (χ0n) is 11.7. The van der Waals surface area contributed by atoms with Gasteiger partial charge in [0.15, 0.2) is 0 Å². The molecule has 0 N–H and O–H groups in total. The van der Waals surface area contributed by atoms with E-state index in [1.165, 1.54) is 12.1 Å². The first-order valence-corrected chi connectivity index (χ1v) is 6.30. The Morgan fingerprint density at radius 1 is 1.24 bits per heavy atom. The third-order valence-electron chi connectivity index (χ3n) is 3.16. The lowest BCUT2D eigenvalue weighted by Crippen LogP contribution is -2.18. The molecule has 0 spiro atoms. The topological polar surface area (TPSA) is 55.6 Å². The summed E-state index contributed by atoms with van der Waals surface area (Å²) in [6, 6.07) is 11.5. The SMILES string of the molecule is COc1ccccc1N(C)Cc1cccc([N+](=O)[O-])c1F. The van der Waals surface area contributed by atoms with Gasteiger partial charge in [-0.3, -0.25) is 10.1 Å². The van der Waals surface area contributed by atoms with Gasteiger partial charge in [-0.25, -0.2) is 0 Å². The number of halogens is 1. The summed E-state index contributed by atoms with van der Waals surface area (Å²) in [5, 5.41) is 10.8. The standard InChI is InChI=1S/C15H15FN2O3/c1-17(12-7-3-4-9-14(12)21-2)10-11-6-5-8-13(15(11)16)18(19)20/h3-9H,10H2,1-2H3. The first kappa shape index (κ1) is 14.8. The molecule has 0 aromatic heterocycles. The highest BCUT2D eigenvalue weighted by molar-refractivity contribution is 5.58. The van der Waals surface area contributed by atoms with Gasteiger partial charge >= 0.3 is 5.69 Å². The van der Waals surface area contributed by atoms with Gasteiger partial charge in [-0.05, 0) is 12.1 Å². The van der Waals surface area contributed by atoms with Crippen LogP contribution >= 0.6 is 0 Å². The molecule has 2 aromatic carbocycles. The summed E-state index contributed by atoms with van der Waals surface area (Å²) in [6.45, 7) is 0.202. The van der Waals surface area contributed by atoms with Crippen LogP contribution in [0.5, 0.6) is 5.75 Å². The molecule has 2 aromatic rings. The van der Waals surface area contributed by atoms with E-state index in [0.29, 0.717) is 5.75 Å². The van der Waals surface area contributed by atoms with Crippen molar-refractivity contribution < 1.29 is 14.1 Å². The summed E-state index contributed by atoms with van der Waals surface area (Å²) < 4.78 is 19.3. The minimum absolute atomic E-state index is 0.202. The summed E-state index contributed by atoms with van der Waals surface area (Å²) in [5.74, 6) is -0.143. The van der Waals surface area contributed by atoms with Crippen LogP contribution in [0, 0.1) is 15.9 Å². The second-order valence-electron chi connectivity index (χ2n) is 4.54. The maximum absolute atomic E-state index is 14.1. The van der Waals surface area contributed by atoms with Crippen LogP contribution in [0.25, 0.3) is 0 Å². The maximum Gasteiger partial charge on any atom is 0.305 e. The summed E-state index contributed by atoms with van der Waals surface area (Å²) in [4.78, 5) is 11.8. The van der Waals surface area contributed by atoms with Crippen LogP contribution < -0.4 is 9.64 Å². The molecule has 5 nitrogen and oxygen atoms in total. The van der Waals surface area contributed by atoms with Crippen molar-refractivity contribution in [3.63, 3.8) is 0 Å². The second-order valence-corrected chi connectivity index (χ2v) is 4.54. The van der Waals surface area contributed by atoms with Gasteiger partial charge in [0.05, 0.1) is 17.7 Å². The molecule has 0 unspecified atom stereocenters. The van der Waals surface area contributed by atoms with Crippen LogP contribution in [-0.2, 0) is 6.54 Å². The fraction of sp³-hybridized carbons (Fsp3) is 0.200. The molecule has 0 saturated heterocycles. The van der Waals surface area contributed by atoms with Crippen LogP contribution in [0.15, 0.2) is 42.5 Å². The molecule has 6 heteroatoms. The average molecular weight is 290 g/mol. The molecular weight excluding hydrogens is 275 g/mol. The van der Waals surface area contributed by atoms with E-state index in [9.17, 15) is 14.5 Å². The Morgan fingerprint density at radius 2 is 1.95 bits per heavy atom. The molecule has 0 bridgehead atoms. The first-order valence-electron chi connectivity index (χ1n) is 6.30. The van der Waals surface area contributed by atoms with Gasteiger partial charge in [-0.15, -0.1) is 0 Å². The van der Waals surface area contributed by atoms with Gasteiger partial charge in [0, 0.05) is 25.2 Å². The van der Waals surface area contributed by atoms with Crippen molar-refractivity contribution in [2.24, 2.45) is 0 Å². The number of nitro benzene ring substituents is 1. The number of methoxy groups -OCH3 is 1. The fourth-order valence-corrected chi connectivity index (χ4v) is 2.12. The van der Waals surface area contributed by atoms with Crippen molar-refractivity contribution in [2.45, 2.75) is 6.54 Å². The monoisotopic (exact) mass is 290 g/mol. The summed E-state index contributed by atoms with van der Waals surface area (Å²) in [7, 11) is 3.33. The number of hydrogen-bond donors (Lipinski definition) is 0. The van der Waals surface area contributed by atoms with Gasteiger partial charge in [-0.2, -0.15) is 4.39 Å². The lowest BCUT2D eigenvalue weighted by Gasteiger charge is -2.21. The van der Waals surface area contributed by atoms with Crippen molar-refractivity contribution in [3.8, 4) is 5.75 Å². The van der Waals surface area contributed by atoms with Gasteiger partial charge in [-0.1, -0.05) is 24.3 Å². The third kappa shape index (κ3) is 3.10. The summed E-state index contributed by atoms with van der Waals surface area (Å²) >= 11 is 0. The number of ether oxygens (including phenoxy) is 1. The lowest BCUT2D eigenvalue weighted by molar-refractivity contribution is -0.387. The number of para-hydroxylation sites is 2. The predicted octanol–water partition coefficient (Wildman–Crippen LogP) is 3.38. The number of anilines is 1. The molecule has 0 atom stereocenters. The molecular formula is C15H15FN2O3. The largest absolute Gasteiger partial charge is 0.495 e. The Labute approximate surface area is 121 Å². The van der Waals surface area contributed by atoms with Crippen molar-refractivity contribution in [3.05, 3.63) is 64.0 Å². The molecule has 0 radical (unpaired) electrons. The highest BCUT2D eigenvalue weighted by atomic mass is 19.1. The molecule has 0 fully saturated rings. The van der Waals surface area contributed by atoms with E-state index in [1.54, 1.807) is 25.1 Å². The fourth-order valence-electron chi connectivity index (χ4n) is 2.12. The van der Waals surface area contributed by atoms with E-state index >= 15 is 0 Å². The molecule has 0 heterocycles. The molecule has 21 heavy (non-hydrogen) atoms. The van der Waals surface area contributed by atoms with E-state index in [4.69, 9.17) is 4.74 Å². The van der Waals surface area contributed by atoms with E-state index in [0.717, 1.165) is 11.8 Å². The van der Waals surface area contributed by atoms with Crippen molar-refractivity contribution in [1.29, 1.82) is 0 Å². The van der Waals surface area contributed by atoms with Crippen LogP contribution in [0.3, 0.4) is 0 Å². The Morgan fingerprint density at radius 3 is 2.62 bits per heavy atom. The third-order valence-corrected chi connectivity index (χ3v) is 3.16. The normalized spacial score (nSPS) is 10.2. The Kier molecular flexibility index (Phi) is 4.37. The summed E-state index contributed by atoms with van der Waals surface area (Å²) in [6.07, 6.45) is 0. The highest BCUT2D eigenvalue weighted by Crippen LogP contribution is 2.29. The number of nitrogens with zero attached hydrogens (tertiary/aromatic N) is 2. The Hall–Kier alpha value is -2.63.